The van der Waals surface area contributed by atoms with Crippen molar-refractivity contribution in [3.05, 3.63) is 0 Å². The first-order valence-electron chi connectivity index (χ1n) is 4.64. The van der Waals surface area contributed by atoms with Crippen LogP contribution in [0.3, 0.4) is 0 Å². The molecule has 0 aromatic heterocycles. The van der Waals surface area contributed by atoms with E-state index in [9.17, 15) is 18.0 Å². The lowest BCUT2D eigenvalue weighted by molar-refractivity contribution is -0.178. The van der Waals surface area contributed by atoms with Gasteiger partial charge in [-0.05, 0) is 19.8 Å². The van der Waals surface area contributed by atoms with Crippen LogP contribution in [0.1, 0.15) is 33.1 Å². The van der Waals surface area contributed by atoms with Crippen LogP contribution in [-0.4, -0.2) is 18.8 Å². The van der Waals surface area contributed by atoms with Crippen LogP contribution in [0.25, 0.3) is 0 Å². The molecule has 0 aliphatic carbocycles. The second kappa shape index (κ2) is 5.88. The van der Waals surface area contributed by atoms with E-state index in [0.29, 0.717) is 0 Å². The molecule has 0 spiro atoms. The Bertz CT molecular complexity index is 177. The van der Waals surface area contributed by atoms with Crippen LogP contribution in [0.2, 0.25) is 0 Å². The summed E-state index contributed by atoms with van der Waals surface area (Å²) in [6, 6.07) is 0. The number of carbonyl (C=O) groups is 1. The van der Waals surface area contributed by atoms with Gasteiger partial charge < -0.3 is 4.74 Å². The molecular weight excluding hydrogens is 197 g/mol. The van der Waals surface area contributed by atoms with Crippen LogP contribution in [-0.2, 0) is 9.53 Å². The Morgan fingerprint density at radius 1 is 1.36 bits per heavy atom. The van der Waals surface area contributed by atoms with E-state index in [1.54, 1.807) is 6.92 Å². The fraction of sp³-hybridized carbons (Fsp3) is 0.889. The highest BCUT2D eigenvalue weighted by atomic mass is 19.4. The number of rotatable bonds is 5. The lowest BCUT2D eigenvalue weighted by atomic mass is 10.00. The summed E-state index contributed by atoms with van der Waals surface area (Å²) in [6.45, 7) is 3.30. The van der Waals surface area contributed by atoms with Crippen LogP contribution in [0, 0.1) is 5.92 Å². The Balaban J connectivity index is 3.91. The summed E-state index contributed by atoms with van der Waals surface area (Å²) in [7, 11) is 0. The van der Waals surface area contributed by atoms with Crippen LogP contribution in [0.15, 0.2) is 0 Å². The Kier molecular flexibility index (Phi) is 5.57. The maximum atomic E-state index is 12.2. The van der Waals surface area contributed by atoms with Gasteiger partial charge in [-0.25, -0.2) is 0 Å². The summed E-state index contributed by atoms with van der Waals surface area (Å²) >= 11 is 0. The molecule has 0 amide bonds. The van der Waals surface area contributed by atoms with Gasteiger partial charge in [-0.15, -0.1) is 0 Å². The quantitative estimate of drug-likeness (QED) is 0.655. The number of alkyl halides is 3. The lowest BCUT2D eigenvalue weighted by Crippen LogP contribution is -2.23. The molecule has 0 saturated heterocycles. The Morgan fingerprint density at radius 2 is 1.93 bits per heavy atom. The second-order valence-corrected chi connectivity index (χ2v) is 2.99. The fourth-order valence-corrected chi connectivity index (χ4v) is 1.12. The minimum absolute atomic E-state index is 0.00288. The van der Waals surface area contributed by atoms with Gasteiger partial charge >= 0.3 is 12.1 Å². The maximum absolute atomic E-state index is 12.2. The van der Waals surface area contributed by atoms with E-state index in [-0.39, 0.29) is 25.9 Å². The minimum Gasteiger partial charge on any atom is -0.466 e. The fourth-order valence-electron chi connectivity index (χ4n) is 1.12. The normalized spacial score (nSPS) is 13.8. The summed E-state index contributed by atoms with van der Waals surface area (Å²) in [4.78, 5) is 10.8. The van der Waals surface area contributed by atoms with Crippen LogP contribution < -0.4 is 0 Å². The van der Waals surface area contributed by atoms with E-state index in [2.05, 4.69) is 4.74 Å². The molecule has 0 saturated carbocycles. The van der Waals surface area contributed by atoms with Gasteiger partial charge in [0, 0.05) is 6.42 Å². The largest absolute Gasteiger partial charge is 0.466 e. The summed E-state index contributed by atoms with van der Waals surface area (Å²) in [5.41, 5.74) is 0. The van der Waals surface area contributed by atoms with Crippen molar-refractivity contribution in [2.45, 2.75) is 39.3 Å². The number of hydrogen-bond donors (Lipinski definition) is 0. The average Bonchev–Trinajstić information content (AvgIpc) is 2.03. The van der Waals surface area contributed by atoms with Gasteiger partial charge in [0.25, 0.3) is 0 Å². The Hall–Kier alpha value is -0.740. The average molecular weight is 212 g/mol. The number of hydrogen-bond acceptors (Lipinski definition) is 2. The summed E-state index contributed by atoms with van der Waals surface area (Å²) < 4.78 is 41.2. The summed E-state index contributed by atoms with van der Waals surface area (Å²) in [6.07, 6.45) is -4.55. The van der Waals surface area contributed by atoms with Gasteiger partial charge in [-0.3, -0.25) is 4.79 Å². The van der Waals surface area contributed by atoms with Crippen LogP contribution >= 0.6 is 0 Å². The Labute approximate surface area is 81.4 Å². The molecule has 0 aromatic rings. The highest BCUT2D eigenvalue weighted by Crippen LogP contribution is 2.32. The molecule has 0 aliphatic heterocycles. The van der Waals surface area contributed by atoms with Crippen molar-refractivity contribution in [2.24, 2.45) is 5.92 Å². The third-order valence-corrected chi connectivity index (χ3v) is 1.96. The topological polar surface area (TPSA) is 26.3 Å². The molecular formula is C9H15F3O2. The van der Waals surface area contributed by atoms with E-state index in [4.69, 9.17) is 0 Å². The molecule has 0 bridgehead atoms. The smallest absolute Gasteiger partial charge is 0.391 e. The Morgan fingerprint density at radius 3 is 2.29 bits per heavy atom. The molecule has 0 unspecified atom stereocenters. The molecule has 0 radical (unpaired) electrons. The first-order valence-corrected chi connectivity index (χ1v) is 4.64. The number of esters is 1. The molecule has 2 nitrogen and oxygen atoms in total. The highest BCUT2D eigenvalue weighted by Gasteiger charge is 2.37. The van der Waals surface area contributed by atoms with Crippen molar-refractivity contribution in [2.75, 3.05) is 6.61 Å². The summed E-state index contributed by atoms with van der Waals surface area (Å²) in [5, 5.41) is 0. The highest BCUT2D eigenvalue weighted by molar-refractivity contribution is 5.69. The molecule has 0 rings (SSSR count). The zero-order valence-corrected chi connectivity index (χ0v) is 8.36. The molecule has 0 N–H and O–H groups in total. The third-order valence-electron chi connectivity index (χ3n) is 1.96. The zero-order chi connectivity index (χ0) is 11.2. The van der Waals surface area contributed by atoms with Crippen molar-refractivity contribution in [1.29, 1.82) is 0 Å². The molecule has 0 aromatic carbocycles. The maximum Gasteiger partial charge on any atom is 0.391 e. The molecule has 5 heteroatoms. The van der Waals surface area contributed by atoms with E-state index >= 15 is 0 Å². The first-order chi connectivity index (χ1) is 6.41. The van der Waals surface area contributed by atoms with Crippen LogP contribution in [0.4, 0.5) is 13.2 Å². The zero-order valence-electron chi connectivity index (χ0n) is 8.36. The van der Waals surface area contributed by atoms with Gasteiger partial charge in [0.15, 0.2) is 0 Å². The van der Waals surface area contributed by atoms with Crippen molar-refractivity contribution in [3.63, 3.8) is 0 Å². The predicted octanol–water partition coefficient (Wildman–Crippen LogP) is 2.92. The van der Waals surface area contributed by atoms with Gasteiger partial charge in [0.05, 0.1) is 12.5 Å². The first kappa shape index (κ1) is 13.3. The minimum atomic E-state index is -4.21. The van der Waals surface area contributed by atoms with Crippen molar-refractivity contribution in [1.82, 2.24) is 0 Å². The molecule has 0 fully saturated rings. The molecule has 14 heavy (non-hydrogen) atoms. The molecule has 1 atom stereocenters. The number of ether oxygens (including phenoxy) is 1. The number of carbonyl (C=O) groups excluding carboxylic acids is 1. The third kappa shape index (κ3) is 5.09. The van der Waals surface area contributed by atoms with E-state index < -0.39 is 18.1 Å². The van der Waals surface area contributed by atoms with Gasteiger partial charge in [0.1, 0.15) is 0 Å². The van der Waals surface area contributed by atoms with E-state index in [0.717, 1.165) is 0 Å². The van der Waals surface area contributed by atoms with Crippen LogP contribution in [0.5, 0.6) is 0 Å². The van der Waals surface area contributed by atoms with Crippen molar-refractivity contribution in [3.8, 4) is 0 Å². The summed E-state index contributed by atoms with van der Waals surface area (Å²) in [5.74, 6) is -1.96. The predicted molar refractivity (Wildman–Crippen MR) is 45.7 cm³/mol. The monoisotopic (exact) mass is 212 g/mol. The van der Waals surface area contributed by atoms with E-state index in [1.807, 2.05) is 0 Å². The SMILES string of the molecule is CCOC(=O)CC[C@@H](CC)C(F)(F)F. The number of halogens is 3. The van der Waals surface area contributed by atoms with E-state index in [1.165, 1.54) is 6.92 Å². The van der Waals surface area contributed by atoms with Crippen molar-refractivity contribution < 1.29 is 22.7 Å². The molecule has 0 heterocycles. The van der Waals surface area contributed by atoms with Crippen molar-refractivity contribution >= 4 is 5.97 Å². The standard InChI is InChI=1S/C9H15F3O2/c1-3-7(9(10,11)12)5-6-8(13)14-4-2/h7H,3-6H2,1-2H3/t7-/m1/s1. The molecule has 0 aliphatic rings. The van der Waals surface area contributed by atoms with Gasteiger partial charge in [-0.1, -0.05) is 6.92 Å². The lowest BCUT2D eigenvalue weighted by Gasteiger charge is -2.17. The van der Waals surface area contributed by atoms with Gasteiger partial charge in [-0.2, -0.15) is 13.2 Å². The van der Waals surface area contributed by atoms with Gasteiger partial charge in [0.2, 0.25) is 0 Å². The molecule has 84 valence electrons. The second-order valence-electron chi connectivity index (χ2n) is 2.99.